The second-order valence-electron chi connectivity index (χ2n) is 4.46. The summed E-state index contributed by atoms with van der Waals surface area (Å²) >= 11 is 0. The number of nitrogens with one attached hydrogen (secondary N) is 1. The molecular weight excluding hydrogens is 186 g/mol. The summed E-state index contributed by atoms with van der Waals surface area (Å²) in [6, 6.07) is 8.91. The molecule has 82 valence electrons. The molecule has 1 aliphatic carbocycles. The van der Waals surface area contributed by atoms with E-state index in [0.29, 0.717) is 6.04 Å². The quantitative estimate of drug-likeness (QED) is 0.778. The minimum atomic E-state index is -0.0695. The number of aryl methyl sites for hydroxylation is 1. The number of hydrogen-bond acceptors (Lipinski definition) is 2. The number of rotatable bonds is 2. The molecule has 0 amide bonds. The molecule has 0 aliphatic heterocycles. The largest absolute Gasteiger partial charge is 0.393 e. The molecule has 1 aromatic rings. The molecule has 0 radical (unpaired) electrons. The molecule has 2 nitrogen and oxygen atoms in total. The molecule has 0 heterocycles. The van der Waals surface area contributed by atoms with Crippen LogP contribution in [0.4, 0.5) is 5.69 Å². The third kappa shape index (κ3) is 2.72. The van der Waals surface area contributed by atoms with Crippen LogP contribution < -0.4 is 5.32 Å². The molecule has 0 unspecified atom stereocenters. The van der Waals surface area contributed by atoms with Crippen molar-refractivity contribution >= 4 is 5.69 Å². The first kappa shape index (κ1) is 10.5. The summed E-state index contributed by atoms with van der Waals surface area (Å²) in [7, 11) is 0. The second-order valence-corrected chi connectivity index (χ2v) is 4.46. The molecule has 1 fully saturated rings. The Bertz CT molecular complexity index is 316. The molecule has 2 heteroatoms. The van der Waals surface area contributed by atoms with Crippen molar-refractivity contribution in [2.45, 2.75) is 44.8 Å². The van der Waals surface area contributed by atoms with Crippen LogP contribution in [0.5, 0.6) is 0 Å². The van der Waals surface area contributed by atoms with E-state index in [1.807, 2.05) is 0 Å². The van der Waals surface area contributed by atoms with Crippen molar-refractivity contribution in [3.8, 4) is 0 Å². The molecule has 1 saturated carbocycles. The Labute approximate surface area is 91.3 Å². The van der Waals surface area contributed by atoms with E-state index in [9.17, 15) is 5.11 Å². The van der Waals surface area contributed by atoms with Crippen LogP contribution in [-0.2, 0) is 0 Å². The smallest absolute Gasteiger partial charge is 0.0541 e. The Morgan fingerprint density at radius 1 is 1.13 bits per heavy atom. The fourth-order valence-electron chi connectivity index (χ4n) is 2.17. The minimum Gasteiger partial charge on any atom is -0.393 e. The van der Waals surface area contributed by atoms with Crippen LogP contribution in [0, 0.1) is 6.92 Å². The van der Waals surface area contributed by atoms with E-state index < -0.39 is 0 Å². The second kappa shape index (κ2) is 4.67. The van der Waals surface area contributed by atoms with Gasteiger partial charge in [-0.1, -0.05) is 18.2 Å². The van der Waals surface area contributed by atoms with Gasteiger partial charge in [0.25, 0.3) is 0 Å². The fraction of sp³-hybridized carbons (Fsp3) is 0.538. The molecule has 2 N–H and O–H groups in total. The maximum atomic E-state index is 9.42. The molecule has 0 aromatic heterocycles. The molecule has 15 heavy (non-hydrogen) atoms. The Kier molecular flexibility index (Phi) is 3.27. The summed E-state index contributed by atoms with van der Waals surface area (Å²) in [4.78, 5) is 0. The van der Waals surface area contributed by atoms with Crippen molar-refractivity contribution in [1.82, 2.24) is 0 Å². The fourth-order valence-corrected chi connectivity index (χ4v) is 2.17. The Morgan fingerprint density at radius 3 is 2.47 bits per heavy atom. The lowest BCUT2D eigenvalue weighted by Crippen LogP contribution is -2.28. The highest BCUT2D eigenvalue weighted by molar-refractivity contribution is 5.50. The zero-order valence-corrected chi connectivity index (χ0v) is 9.24. The van der Waals surface area contributed by atoms with Crippen LogP contribution in [0.1, 0.15) is 31.2 Å². The van der Waals surface area contributed by atoms with Gasteiger partial charge in [0.15, 0.2) is 0 Å². The van der Waals surface area contributed by atoms with Crippen molar-refractivity contribution in [2.24, 2.45) is 0 Å². The van der Waals surface area contributed by atoms with Crippen molar-refractivity contribution in [3.05, 3.63) is 29.8 Å². The van der Waals surface area contributed by atoms with E-state index in [-0.39, 0.29) is 6.10 Å². The molecular formula is C13H19NO. The van der Waals surface area contributed by atoms with E-state index >= 15 is 0 Å². The van der Waals surface area contributed by atoms with Crippen LogP contribution in [0.2, 0.25) is 0 Å². The number of aliphatic hydroxyl groups excluding tert-OH is 1. The summed E-state index contributed by atoms with van der Waals surface area (Å²) in [5.74, 6) is 0. The van der Waals surface area contributed by atoms with Gasteiger partial charge in [-0.25, -0.2) is 0 Å². The molecule has 0 bridgehead atoms. The highest BCUT2D eigenvalue weighted by Gasteiger charge is 2.19. The van der Waals surface area contributed by atoms with Crippen molar-refractivity contribution in [2.75, 3.05) is 5.32 Å². The summed E-state index contributed by atoms with van der Waals surface area (Å²) in [6.45, 7) is 2.13. The standard InChI is InChI=1S/C13H19NO/c1-10-4-2-3-5-13(10)14-11-6-8-12(15)9-7-11/h2-5,11-12,14-15H,6-9H2,1H3. The van der Waals surface area contributed by atoms with Gasteiger partial charge in [0, 0.05) is 11.7 Å². The zero-order chi connectivity index (χ0) is 10.7. The van der Waals surface area contributed by atoms with Gasteiger partial charge in [-0.3, -0.25) is 0 Å². The van der Waals surface area contributed by atoms with E-state index in [2.05, 4.69) is 36.5 Å². The molecule has 0 spiro atoms. The maximum absolute atomic E-state index is 9.42. The van der Waals surface area contributed by atoms with Gasteiger partial charge in [-0.2, -0.15) is 0 Å². The van der Waals surface area contributed by atoms with Gasteiger partial charge in [0.1, 0.15) is 0 Å². The van der Waals surface area contributed by atoms with E-state index in [1.165, 1.54) is 11.3 Å². The van der Waals surface area contributed by atoms with Crippen molar-refractivity contribution < 1.29 is 5.11 Å². The van der Waals surface area contributed by atoms with Gasteiger partial charge in [0.2, 0.25) is 0 Å². The highest BCUT2D eigenvalue weighted by Crippen LogP contribution is 2.23. The predicted molar refractivity (Wildman–Crippen MR) is 63.1 cm³/mol. The monoisotopic (exact) mass is 205 g/mol. The van der Waals surface area contributed by atoms with E-state index in [4.69, 9.17) is 0 Å². The predicted octanol–water partition coefficient (Wildman–Crippen LogP) is 2.71. The lowest BCUT2D eigenvalue weighted by molar-refractivity contribution is 0.126. The van der Waals surface area contributed by atoms with Gasteiger partial charge in [0.05, 0.1) is 6.10 Å². The lowest BCUT2D eigenvalue weighted by atomic mass is 9.93. The molecule has 1 aromatic carbocycles. The first-order valence-electron chi connectivity index (χ1n) is 5.76. The van der Waals surface area contributed by atoms with Crippen LogP contribution in [0.15, 0.2) is 24.3 Å². The molecule has 0 saturated heterocycles. The van der Waals surface area contributed by atoms with Crippen molar-refractivity contribution in [1.29, 1.82) is 0 Å². The number of benzene rings is 1. The normalized spacial score (nSPS) is 26.3. The summed E-state index contributed by atoms with van der Waals surface area (Å²) < 4.78 is 0. The minimum absolute atomic E-state index is 0.0695. The summed E-state index contributed by atoms with van der Waals surface area (Å²) in [5.41, 5.74) is 2.53. The molecule has 1 aliphatic rings. The van der Waals surface area contributed by atoms with Crippen LogP contribution in [-0.4, -0.2) is 17.3 Å². The average molecular weight is 205 g/mol. The van der Waals surface area contributed by atoms with Crippen LogP contribution in [0.25, 0.3) is 0 Å². The average Bonchev–Trinajstić information content (AvgIpc) is 2.25. The number of aliphatic hydroxyl groups is 1. The Hall–Kier alpha value is -1.02. The maximum Gasteiger partial charge on any atom is 0.0541 e. The highest BCUT2D eigenvalue weighted by atomic mass is 16.3. The number of anilines is 1. The SMILES string of the molecule is Cc1ccccc1NC1CCC(O)CC1. The summed E-state index contributed by atoms with van der Waals surface area (Å²) in [6.07, 6.45) is 3.96. The third-order valence-corrected chi connectivity index (χ3v) is 3.20. The van der Waals surface area contributed by atoms with Crippen LogP contribution >= 0.6 is 0 Å². The number of hydrogen-bond donors (Lipinski definition) is 2. The van der Waals surface area contributed by atoms with Gasteiger partial charge in [-0.15, -0.1) is 0 Å². The molecule has 2 rings (SSSR count). The Morgan fingerprint density at radius 2 is 1.80 bits per heavy atom. The van der Waals surface area contributed by atoms with Gasteiger partial charge >= 0.3 is 0 Å². The molecule has 0 atom stereocenters. The van der Waals surface area contributed by atoms with Gasteiger partial charge < -0.3 is 10.4 Å². The van der Waals surface area contributed by atoms with Crippen molar-refractivity contribution in [3.63, 3.8) is 0 Å². The van der Waals surface area contributed by atoms with E-state index in [1.54, 1.807) is 0 Å². The van der Waals surface area contributed by atoms with E-state index in [0.717, 1.165) is 25.7 Å². The first-order valence-corrected chi connectivity index (χ1v) is 5.76. The Balaban J connectivity index is 1.95. The number of para-hydroxylation sites is 1. The zero-order valence-electron chi connectivity index (χ0n) is 9.24. The third-order valence-electron chi connectivity index (χ3n) is 3.20. The summed E-state index contributed by atoms with van der Waals surface area (Å²) in [5, 5.41) is 13.0. The van der Waals surface area contributed by atoms with Gasteiger partial charge in [-0.05, 0) is 44.2 Å². The lowest BCUT2D eigenvalue weighted by Gasteiger charge is -2.27. The van der Waals surface area contributed by atoms with Crippen LogP contribution in [0.3, 0.4) is 0 Å². The first-order chi connectivity index (χ1) is 7.25. The topological polar surface area (TPSA) is 32.3 Å².